The number of methoxy groups -OCH3 is 1. The zero-order valence-electron chi connectivity index (χ0n) is 16.9. The van der Waals surface area contributed by atoms with Crippen molar-refractivity contribution in [1.82, 2.24) is 0 Å². The van der Waals surface area contributed by atoms with E-state index in [2.05, 4.69) is 4.18 Å². The molecule has 2 aromatic carbocycles. The van der Waals surface area contributed by atoms with Crippen LogP contribution in [-0.4, -0.2) is 30.3 Å². The Hall–Kier alpha value is -3.50. The first kappa shape index (κ1) is 22.2. The number of benzene rings is 2. The number of hydrogen-bond donors (Lipinski definition) is 3. The van der Waals surface area contributed by atoms with E-state index < -0.39 is 21.6 Å². The second-order valence-corrected chi connectivity index (χ2v) is 7.96. The summed E-state index contributed by atoms with van der Waals surface area (Å²) in [5.74, 6) is -0.786. The summed E-state index contributed by atoms with van der Waals surface area (Å²) in [6, 6.07) is 6.55. The Balaban J connectivity index is 2.28. The lowest BCUT2D eigenvalue weighted by Crippen LogP contribution is -2.10. The fourth-order valence-electron chi connectivity index (χ4n) is 2.98. The molecule has 0 aliphatic rings. The Labute approximate surface area is 177 Å². The highest BCUT2D eigenvalue weighted by Gasteiger charge is 2.22. The average molecular weight is 448 g/mol. The van der Waals surface area contributed by atoms with Crippen LogP contribution in [0.1, 0.15) is 19.4 Å². The predicted octanol–water partition coefficient (Wildman–Crippen LogP) is 3.57. The second kappa shape index (κ2) is 8.32. The lowest BCUT2D eigenvalue weighted by Gasteiger charge is -2.13. The molecular weight excluding hydrogens is 428 g/mol. The number of phenols is 2. The molecule has 0 unspecified atom stereocenters. The van der Waals surface area contributed by atoms with Gasteiger partial charge in [0.05, 0.1) is 7.11 Å². The minimum Gasteiger partial charge on any atom is -0.507 e. The van der Waals surface area contributed by atoms with E-state index in [1.807, 2.05) is 0 Å². The molecule has 1 heterocycles. The summed E-state index contributed by atoms with van der Waals surface area (Å²) in [6.07, 6.45) is 1.74. The van der Waals surface area contributed by atoms with Crippen LogP contribution in [0.3, 0.4) is 0 Å². The molecule has 3 N–H and O–H groups in total. The normalized spacial score (nSPS) is 11.4. The first-order chi connectivity index (χ1) is 14.5. The van der Waals surface area contributed by atoms with Crippen LogP contribution in [0.2, 0.25) is 0 Å². The molecule has 0 bridgehead atoms. The number of rotatable bonds is 6. The fraction of sp³-hybridized carbons (Fsp3) is 0.190. The van der Waals surface area contributed by atoms with Crippen LogP contribution in [0.4, 0.5) is 0 Å². The number of ether oxygens (including phenoxy) is 1. The maximum Gasteiger partial charge on any atom is 0.446 e. The zero-order chi connectivity index (χ0) is 22.9. The minimum absolute atomic E-state index is 0.00215. The van der Waals surface area contributed by atoms with Gasteiger partial charge in [0.2, 0.25) is 0 Å². The quantitative estimate of drug-likeness (QED) is 0.381. The summed E-state index contributed by atoms with van der Waals surface area (Å²) < 4.78 is 47.1. The summed E-state index contributed by atoms with van der Waals surface area (Å²) in [5, 5.41) is 20.3. The predicted molar refractivity (Wildman–Crippen MR) is 113 cm³/mol. The van der Waals surface area contributed by atoms with E-state index in [9.17, 15) is 23.4 Å². The molecule has 3 aromatic rings. The Morgan fingerprint density at radius 3 is 2.45 bits per heavy atom. The molecule has 0 atom stereocenters. The monoisotopic (exact) mass is 448 g/mol. The molecule has 0 aliphatic heterocycles. The highest BCUT2D eigenvalue weighted by atomic mass is 32.3. The van der Waals surface area contributed by atoms with Crippen LogP contribution in [0, 0.1) is 0 Å². The van der Waals surface area contributed by atoms with Gasteiger partial charge in [-0.1, -0.05) is 11.6 Å². The van der Waals surface area contributed by atoms with E-state index in [1.165, 1.54) is 25.3 Å². The molecule has 164 valence electrons. The van der Waals surface area contributed by atoms with Gasteiger partial charge in [-0.3, -0.25) is 9.35 Å². The SMILES string of the molecule is COc1cc(-c2cc(=O)c3c(O)c(CC=C(C)C)c(OS(=O)(=O)O)cc3o2)ccc1O. The van der Waals surface area contributed by atoms with E-state index in [1.54, 1.807) is 19.9 Å². The van der Waals surface area contributed by atoms with Crippen molar-refractivity contribution in [2.45, 2.75) is 20.3 Å². The van der Waals surface area contributed by atoms with Crippen molar-refractivity contribution in [3.05, 3.63) is 57.8 Å². The van der Waals surface area contributed by atoms with Crippen molar-refractivity contribution in [2.75, 3.05) is 7.11 Å². The van der Waals surface area contributed by atoms with Gasteiger partial charge in [-0.2, -0.15) is 8.42 Å². The van der Waals surface area contributed by atoms with Gasteiger partial charge in [0.1, 0.15) is 22.5 Å². The molecule has 0 fully saturated rings. The van der Waals surface area contributed by atoms with Crippen LogP contribution in [0.15, 0.2) is 51.2 Å². The third-order valence-electron chi connectivity index (χ3n) is 4.43. The molecule has 1 aromatic heterocycles. The van der Waals surface area contributed by atoms with E-state index in [0.29, 0.717) is 5.56 Å². The maximum atomic E-state index is 12.8. The van der Waals surface area contributed by atoms with Crippen LogP contribution >= 0.6 is 0 Å². The molecule has 0 aliphatic carbocycles. The average Bonchev–Trinajstić information content (AvgIpc) is 2.66. The number of phenolic OH excluding ortho intramolecular Hbond substituents is 2. The van der Waals surface area contributed by atoms with Crippen molar-refractivity contribution < 1.29 is 36.5 Å². The zero-order valence-corrected chi connectivity index (χ0v) is 17.7. The summed E-state index contributed by atoms with van der Waals surface area (Å²) in [4.78, 5) is 12.8. The van der Waals surface area contributed by atoms with Crippen LogP contribution < -0.4 is 14.3 Å². The topological polar surface area (TPSA) is 144 Å². The highest BCUT2D eigenvalue weighted by Crippen LogP contribution is 2.38. The van der Waals surface area contributed by atoms with Gasteiger partial charge in [0.15, 0.2) is 22.7 Å². The molecule has 0 radical (unpaired) electrons. The van der Waals surface area contributed by atoms with Crippen molar-refractivity contribution >= 4 is 21.4 Å². The van der Waals surface area contributed by atoms with E-state index >= 15 is 0 Å². The third kappa shape index (κ3) is 4.81. The maximum absolute atomic E-state index is 12.8. The van der Waals surface area contributed by atoms with Gasteiger partial charge < -0.3 is 23.6 Å². The fourth-order valence-corrected chi connectivity index (χ4v) is 3.36. The van der Waals surface area contributed by atoms with Crippen LogP contribution in [0.5, 0.6) is 23.0 Å². The standard InChI is InChI=1S/C21H20O9S/c1-11(2)4-6-13-17(30-31(25,26)27)10-19-20(21(13)24)15(23)9-16(29-19)12-5-7-14(22)18(8-12)28-3/h4-5,7-10,22,24H,6H2,1-3H3,(H,25,26,27). The van der Waals surface area contributed by atoms with E-state index in [-0.39, 0.29) is 46.0 Å². The van der Waals surface area contributed by atoms with Crippen LogP contribution in [-0.2, 0) is 16.8 Å². The number of fused-ring (bicyclic) bond motifs is 1. The van der Waals surface area contributed by atoms with Gasteiger partial charge >= 0.3 is 10.4 Å². The number of aromatic hydroxyl groups is 2. The van der Waals surface area contributed by atoms with Gasteiger partial charge in [0.25, 0.3) is 0 Å². The lowest BCUT2D eigenvalue weighted by molar-refractivity contribution is 0.373. The van der Waals surface area contributed by atoms with Crippen molar-refractivity contribution in [2.24, 2.45) is 0 Å². The highest BCUT2D eigenvalue weighted by molar-refractivity contribution is 7.81. The molecular formula is C21H20O9S. The Morgan fingerprint density at radius 1 is 1.13 bits per heavy atom. The van der Waals surface area contributed by atoms with Crippen molar-refractivity contribution in [3.8, 4) is 34.3 Å². The van der Waals surface area contributed by atoms with Gasteiger partial charge in [-0.05, 0) is 38.5 Å². The first-order valence-corrected chi connectivity index (χ1v) is 10.4. The molecule has 10 heteroatoms. The second-order valence-electron chi connectivity index (χ2n) is 6.93. The molecule has 9 nitrogen and oxygen atoms in total. The molecule has 0 spiro atoms. The molecule has 0 saturated carbocycles. The Bertz CT molecular complexity index is 1350. The van der Waals surface area contributed by atoms with Crippen molar-refractivity contribution in [3.63, 3.8) is 0 Å². The van der Waals surface area contributed by atoms with E-state index in [4.69, 9.17) is 13.7 Å². The molecule has 0 saturated heterocycles. The number of hydrogen-bond acceptors (Lipinski definition) is 8. The largest absolute Gasteiger partial charge is 0.507 e. The summed E-state index contributed by atoms with van der Waals surface area (Å²) in [7, 11) is -3.54. The number of allylic oxidation sites excluding steroid dienone is 2. The summed E-state index contributed by atoms with van der Waals surface area (Å²) in [5.41, 5.74) is 0.516. The smallest absolute Gasteiger partial charge is 0.446 e. The Morgan fingerprint density at radius 2 is 1.84 bits per heavy atom. The summed E-state index contributed by atoms with van der Waals surface area (Å²) >= 11 is 0. The molecule has 3 rings (SSSR count). The molecule has 0 amide bonds. The lowest BCUT2D eigenvalue weighted by atomic mass is 10.0. The van der Waals surface area contributed by atoms with Crippen LogP contribution in [0.25, 0.3) is 22.3 Å². The molecule has 31 heavy (non-hydrogen) atoms. The van der Waals surface area contributed by atoms with E-state index in [0.717, 1.165) is 17.7 Å². The third-order valence-corrected chi connectivity index (χ3v) is 4.82. The minimum atomic E-state index is -4.91. The van der Waals surface area contributed by atoms with Gasteiger partial charge in [0, 0.05) is 23.3 Å². The first-order valence-electron chi connectivity index (χ1n) is 9.00. The van der Waals surface area contributed by atoms with Crippen molar-refractivity contribution in [1.29, 1.82) is 0 Å². The van der Waals surface area contributed by atoms with Gasteiger partial charge in [-0.25, -0.2) is 0 Å². The Kier molecular flexibility index (Phi) is 5.96. The van der Waals surface area contributed by atoms with Gasteiger partial charge in [-0.15, -0.1) is 0 Å². The summed E-state index contributed by atoms with van der Waals surface area (Å²) in [6.45, 7) is 3.60.